The molecule has 0 bridgehead atoms. The fourth-order valence-corrected chi connectivity index (χ4v) is 6.37. The summed E-state index contributed by atoms with van der Waals surface area (Å²) in [4.78, 5) is 27.5. The smallest absolute Gasteiger partial charge is 0.450 e. The Morgan fingerprint density at radius 3 is 2.50 bits per heavy atom. The van der Waals surface area contributed by atoms with Crippen LogP contribution in [0, 0.1) is 12.8 Å². The van der Waals surface area contributed by atoms with Crippen molar-refractivity contribution in [3.63, 3.8) is 0 Å². The van der Waals surface area contributed by atoms with E-state index in [9.17, 15) is 4.79 Å². The SMILES string of the molecule is COC1CCc2c(sc(NC(=O)C3CCCCC3)c2-c2nc(C)cs2)C1.O=C(O)O. The molecule has 1 saturated carbocycles. The molecule has 2 aliphatic carbocycles. The van der Waals surface area contributed by atoms with Crippen LogP contribution in [0.4, 0.5) is 9.80 Å². The molecule has 2 heterocycles. The summed E-state index contributed by atoms with van der Waals surface area (Å²) < 4.78 is 5.59. The van der Waals surface area contributed by atoms with Crippen LogP contribution >= 0.6 is 22.7 Å². The van der Waals surface area contributed by atoms with Gasteiger partial charge in [-0.2, -0.15) is 0 Å². The van der Waals surface area contributed by atoms with E-state index in [1.807, 2.05) is 6.92 Å². The van der Waals surface area contributed by atoms with Gasteiger partial charge in [0.1, 0.15) is 10.0 Å². The first-order chi connectivity index (χ1) is 14.4. The number of aryl methyl sites for hydroxylation is 1. The molecule has 2 aromatic rings. The topological polar surface area (TPSA) is 109 Å². The number of fused-ring (bicyclic) bond motifs is 1. The number of nitrogens with one attached hydrogen (secondary N) is 1. The van der Waals surface area contributed by atoms with Crippen molar-refractivity contribution in [2.75, 3.05) is 12.4 Å². The fraction of sp³-hybridized carbons (Fsp3) is 0.571. The van der Waals surface area contributed by atoms with Crippen LogP contribution in [-0.4, -0.2) is 40.5 Å². The summed E-state index contributed by atoms with van der Waals surface area (Å²) in [7, 11) is 1.79. The number of rotatable bonds is 4. The van der Waals surface area contributed by atoms with Crippen LogP contribution in [0.3, 0.4) is 0 Å². The van der Waals surface area contributed by atoms with Gasteiger partial charge in [-0.3, -0.25) is 4.79 Å². The van der Waals surface area contributed by atoms with Crippen molar-refractivity contribution in [1.82, 2.24) is 4.98 Å². The second-order valence-corrected chi connectivity index (χ2v) is 9.67. The number of nitrogens with zero attached hydrogens (tertiary/aromatic N) is 1. The summed E-state index contributed by atoms with van der Waals surface area (Å²) in [5.41, 5.74) is 3.58. The van der Waals surface area contributed by atoms with Crippen molar-refractivity contribution in [3.8, 4) is 10.6 Å². The molecule has 1 unspecified atom stereocenters. The first-order valence-electron chi connectivity index (χ1n) is 10.2. The quantitative estimate of drug-likeness (QED) is 0.571. The first-order valence-corrected chi connectivity index (χ1v) is 11.9. The van der Waals surface area contributed by atoms with Gasteiger partial charge in [0, 0.05) is 41.0 Å². The van der Waals surface area contributed by atoms with Crippen LogP contribution in [0.15, 0.2) is 5.38 Å². The Kier molecular flexibility index (Phi) is 7.85. The average molecular weight is 453 g/mol. The molecule has 164 valence electrons. The molecule has 1 amide bonds. The molecule has 0 spiro atoms. The van der Waals surface area contributed by atoms with Gasteiger partial charge in [0.05, 0.1) is 6.10 Å². The van der Waals surface area contributed by atoms with E-state index < -0.39 is 6.16 Å². The Hall–Kier alpha value is -1.97. The third-order valence-corrected chi connectivity index (χ3v) is 7.75. The standard InChI is InChI=1S/C20H26N2O2S2.CH2O3/c1-12-11-25-19(21-12)17-15-9-8-14(24-2)10-16(15)26-20(17)22-18(23)13-6-4-3-5-7-13;2-1(3)4/h11,13-14H,3-10H2,1-2H3,(H,22,23);(H2,2,3,4). The van der Waals surface area contributed by atoms with Gasteiger partial charge in [-0.25, -0.2) is 9.78 Å². The highest BCUT2D eigenvalue weighted by Crippen LogP contribution is 2.45. The van der Waals surface area contributed by atoms with Crippen LogP contribution in [0.2, 0.25) is 0 Å². The fourth-order valence-electron chi connectivity index (χ4n) is 4.12. The maximum Gasteiger partial charge on any atom is 0.503 e. The van der Waals surface area contributed by atoms with Crippen molar-refractivity contribution in [2.45, 2.75) is 64.4 Å². The molecule has 1 fully saturated rings. The summed E-state index contributed by atoms with van der Waals surface area (Å²) in [6.45, 7) is 2.03. The predicted molar refractivity (Wildman–Crippen MR) is 119 cm³/mol. The summed E-state index contributed by atoms with van der Waals surface area (Å²) in [5.74, 6) is 0.363. The third kappa shape index (κ3) is 5.59. The number of thiophene rings is 1. The highest BCUT2D eigenvalue weighted by atomic mass is 32.1. The van der Waals surface area contributed by atoms with Crippen LogP contribution in [0.25, 0.3) is 10.6 Å². The Balaban J connectivity index is 0.000000589. The van der Waals surface area contributed by atoms with E-state index in [1.165, 1.54) is 35.3 Å². The van der Waals surface area contributed by atoms with Gasteiger partial charge in [0.25, 0.3) is 0 Å². The number of carboxylic acid groups (broad SMARTS) is 2. The zero-order valence-corrected chi connectivity index (χ0v) is 18.9. The monoisotopic (exact) mass is 452 g/mol. The van der Waals surface area contributed by atoms with Gasteiger partial charge >= 0.3 is 6.16 Å². The largest absolute Gasteiger partial charge is 0.503 e. The van der Waals surface area contributed by atoms with Crippen molar-refractivity contribution in [2.24, 2.45) is 5.92 Å². The maximum atomic E-state index is 12.8. The number of aromatic nitrogens is 1. The minimum absolute atomic E-state index is 0.167. The number of ether oxygens (including phenoxy) is 1. The number of thiazole rings is 1. The van der Waals surface area contributed by atoms with Crippen LogP contribution in [0.5, 0.6) is 0 Å². The molecule has 0 aliphatic heterocycles. The maximum absolute atomic E-state index is 12.8. The van der Waals surface area contributed by atoms with Gasteiger partial charge < -0.3 is 20.3 Å². The lowest BCUT2D eigenvalue weighted by Gasteiger charge is -2.21. The molecule has 3 N–H and O–H groups in total. The van der Waals surface area contributed by atoms with Crippen LogP contribution in [0.1, 0.15) is 54.7 Å². The summed E-state index contributed by atoms with van der Waals surface area (Å²) in [6.07, 6.45) is 7.08. The summed E-state index contributed by atoms with van der Waals surface area (Å²) in [6, 6.07) is 0. The predicted octanol–water partition coefficient (Wildman–Crippen LogP) is 5.42. The van der Waals surface area contributed by atoms with Crippen molar-refractivity contribution in [1.29, 1.82) is 0 Å². The van der Waals surface area contributed by atoms with Gasteiger partial charge in [-0.1, -0.05) is 19.3 Å². The Bertz CT molecular complexity index is 882. The lowest BCUT2D eigenvalue weighted by molar-refractivity contribution is -0.120. The number of hydrogen-bond acceptors (Lipinski definition) is 6. The van der Waals surface area contributed by atoms with Crippen molar-refractivity contribution in [3.05, 3.63) is 21.5 Å². The number of methoxy groups -OCH3 is 1. The molecule has 4 rings (SSSR count). The number of amides is 1. The number of carbonyl (C=O) groups is 2. The average Bonchev–Trinajstić information content (AvgIpc) is 3.30. The number of hydrogen-bond donors (Lipinski definition) is 3. The summed E-state index contributed by atoms with van der Waals surface area (Å²) in [5, 5.41) is 21.4. The molecule has 1 atom stereocenters. The highest BCUT2D eigenvalue weighted by molar-refractivity contribution is 7.18. The molecule has 2 aliphatic rings. The van der Waals surface area contributed by atoms with E-state index in [-0.39, 0.29) is 17.9 Å². The Morgan fingerprint density at radius 2 is 1.90 bits per heavy atom. The van der Waals surface area contributed by atoms with E-state index in [1.54, 1.807) is 29.8 Å². The molecule has 0 radical (unpaired) electrons. The van der Waals surface area contributed by atoms with Gasteiger partial charge in [0.2, 0.25) is 5.91 Å². The van der Waals surface area contributed by atoms with Crippen molar-refractivity contribution >= 4 is 39.7 Å². The minimum atomic E-state index is -1.83. The molecule has 9 heteroatoms. The summed E-state index contributed by atoms with van der Waals surface area (Å²) >= 11 is 3.41. The first kappa shape index (κ1) is 22.7. The van der Waals surface area contributed by atoms with E-state index in [4.69, 9.17) is 24.7 Å². The highest BCUT2D eigenvalue weighted by Gasteiger charge is 2.29. The van der Waals surface area contributed by atoms with Crippen LogP contribution in [-0.2, 0) is 22.4 Å². The second-order valence-electron chi connectivity index (χ2n) is 7.71. The number of anilines is 1. The van der Waals surface area contributed by atoms with Crippen molar-refractivity contribution < 1.29 is 24.5 Å². The normalized spacial score (nSPS) is 18.8. The zero-order valence-electron chi connectivity index (χ0n) is 17.3. The van der Waals surface area contributed by atoms with E-state index in [0.29, 0.717) is 0 Å². The van der Waals surface area contributed by atoms with E-state index in [2.05, 4.69) is 10.7 Å². The number of carbonyl (C=O) groups excluding carboxylic acids is 1. The zero-order chi connectivity index (χ0) is 21.7. The second kappa shape index (κ2) is 10.4. The molecule has 7 nitrogen and oxygen atoms in total. The molecule has 0 aromatic carbocycles. The van der Waals surface area contributed by atoms with E-state index in [0.717, 1.165) is 47.8 Å². The molecular weight excluding hydrogens is 424 g/mol. The van der Waals surface area contributed by atoms with Gasteiger partial charge in [-0.15, -0.1) is 22.7 Å². The Morgan fingerprint density at radius 1 is 1.20 bits per heavy atom. The van der Waals surface area contributed by atoms with E-state index >= 15 is 0 Å². The van der Waals surface area contributed by atoms with Gasteiger partial charge in [0.15, 0.2) is 0 Å². The minimum Gasteiger partial charge on any atom is -0.450 e. The molecular formula is C21H28N2O5S2. The van der Waals surface area contributed by atoms with Crippen LogP contribution < -0.4 is 5.32 Å². The van der Waals surface area contributed by atoms with Gasteiger partial charge in [-0.05, 0) is 38.2 Å². The Labute approximate surface area is 184 Å². The third-order valence-electron chi connectivity index (χ3n) is 5.60. The molecule has 30 heavy (non-hydrogen) atoms. The molecule has 2 aromatic heterocycles. The lowest BCUT2D eigenvalue weighted by atomic mass is 9.88. The lowest BCUT2D eigenvalue weighted by Crippen LogP contribution is -2.24. The molecule has 0 saturated heterocycles.